The van der Waals surface area contributed by atoms with Gasteiger partial charge in [0, 0.05) is 44.1 Å². The molecule has 1 saturated heterocycles. The Morgan fingerprint density at radius 2 is 2.10 bits per heavy atom. The minimum Gasteiger partial charge on any atom is -0.395 e. The topological polar surface area (TPSA) is 56.7 Å². The quantitative estimate of drug-likeness (QED) is 0.913. The molecule has 1 aliphatic heterocycles. The molecule has 0 aliphatic carbocycles. The first-order valence-corrected chi connectivity index (χ1v) is 7.17. The van der Waals surface area contributed by atoms with Gasteiger partial charge in [-0.05, 0) is 19.9 Å². The summed E-state index contributed by atoms with van der Waals surface area (Å²) in [5.74, 6) is -0.0558. The second kappa shape index (κ2) is 6.52. The minimum absolute atomic E-state index is 0.0558. The number of piperazine rings is 1. The maximum absolute atomic E-state index is 12.5. The Morgan fingerprint density at radius 3 is 2.65 bits per heavy atom. The van der Waals surface area contributed by atoms with Crippen molar-refractivity contribution in [2.24, 2.45) is 0 Å². The molecule has 2 heterocycles. The molecule has 20 heavy (non-hydrogen) atoms. The summed E-state index contributed by atoms with van der Waals surface area (Å²) in [6, 6.07) is 2.09. The summed E-state index contributed by atoms with van der Waals surface area (Å²) in [7, 11) is 0. The fourth-order valence-electron chi connectivity index (χ4n) is 2.80. The van der Waals surface area contributed by atoms with Crippen molar-refractivity contribution in [3.8, 4) is 0 Å². The molecule has 0 spiro atoms. The number of carbonyl (C=O) groups excluding carboxylic acids is 1. The average molecular weight is 298 g/mol. The Morgan fingerprint density at radius 1 is 1.45 bits per heavy atom. The van der Waals surface area contributed by atoms with E-state index in [4.69, 9.17) is 16.7 Å². The molecule has 0 radical (unpaired) electrons. The summed E-state index contributed by atoms with van der Waals surface area (Å²) in [5.41, 5.74) is 0.497. The van der Waals surface area contributed by atoms with Crippen molar-refractivity contribution in [2.45, 2.75) is 25.9 Å². The van der Waals surface area contributed by atoms with E-state index in [0.29, 0.717) is 30.2 Å². The molecule has 1 amide bonds. The normalized spacial score (nSPS) is 23.9. The number of aromatic nitrogens is 1. The molecule has 1 aromatic rings. The Labute approximate surface area is 124 Å². The fraction of sp³-hybridized carbons (Fsp3) is 0.571. The maximum atomic E-state index is 12.5. The van der Waals surface area contributed by atoms with Gasteiger partial charge in [-0.2, -0.15) is 0 Å². The third kappa shape index (κ3) is 3.11. The van der Waals surface area contributed by atoms with E-state index in [1.165, 1.54) is 6.20 Å². The molecule has 0 aromatic carbocycles. The third-order valence-corrected chi connectivity index (χ3v) is 4.05. The molecule has 1 fully saturated rings. The number of hydrogen-bond acceptors (Lipinski definition) is 4. The summed E-state index contributed by atoms with van der Waals surface area (Å²) in [6.45, 7) is 6.20. The van der Waals surface area contributed by atoms with Gasteiger partial charge in [0.15, 0.2) is 0 Å². The standard InChI is InChI=1S/C14H20ClN3O2/c1-10-8-17(9-11(2)18(10)5-6-19)14(20)12-3-4-16-7-13(12)15/h3-4,7,10-11,19H,5-6,8-9H2,1-2H3/t10-,11+. The van der Waals surface area contributed by atoms with E-state index >= 15 is 0 Å². The van der Waals surface area contributed by atoms with Gasteiger partial charge in [0.25, 0.3) is 5.91 Å². The molecule has 1 N–H and O–H groups in total. The number of pyridine rings is 1. The zero-order valence-electron chi connectivity index (χ0n) is 11.8. The monoisotopic (exact) mass is 297 g/mol. The molecule has 0 saturated carbocycles. The van der Waals surface area contributed by atoms with Crippen LogP contribution in [0.3, 0.4) is 0 Å². The van der Waals surface area contributed by atoms with E-state index in [9.17, 15) is 4.79 Å². The third-order valence-electron chi connectivity index (χ3n) is 3.75. The fourth-order valence-corrected chi connectivity index (χ4v) is 3.00. The van der Waals surface area contributed by atoms with E-state index in [1.807, 2.05) is 4.90 Å². The van der Waals surface area contributed by atoms with Crippen LogP contribution in [0.4, 0.5) is 0 Å². The van der Waals surface area contributed by atoms with Crippen molar-refractivity contribution >= 4 is 17.5 Å². The molecule has 5 nitrogen and oxygen atoms in total. The van der Waals surface area contributed by atoms with Gasteiger partial charge in [-0.15, -0.1) is 0 Å². The second-order valence-corrected chi connectivity index (χ2v) is 5.63. The average Bonchev–Trinajstić information content (AvgIpc) is 2.42. The first-order valence-electron chi connectivity index (χ1n) is 6.80. The van der Waals surface area contributed by atoms with E-state index < -0.39 is 0 Å². The zero-order valence-corrected chi connectivity index (χ0v) is 12.5. The number of β-amino-alcohol motifs (C(OH)–C–C–N with tert-alkyl or cyclic N) is 1. The predicted molar refractivity (Wildman–Crippen MR) is 77.9 cm³/mol. The number of nitrogens with zero attached hydrogens (tertiary/aromatic N) is 3. The first kappa shape index (κ1) is 15.2. The van der Waals surface area contributed by atoms with Crippen LogP contribution in [-0.2, 0) is 0 Å². The first-order chi connectivity index (χ1) is 9.54. The van der Waals surface area contributed by atoms with Crippen molar-refractivity contribution in [1.82, 2.24) is 14.8 Å². The summed E-state index contributed by atoms with van der Waals surface area (Å²) < 4.78 is 0. The molecule has 110 valence electrons. The van der Waals surface area contributed by atoms with Crippen molar-refractivity contribution < 1.29 is 9.90 Å². The van der Waals surface area contributed by atoms with Crippen molar-refractivity contribution in [3.63, 3.8) is 0 Å². The van der Waals surface area contributed by atoms with Gasteiger partial charge in [0.05, 0.1) is 17.2 Å². The molecule has 0 unspecified atom stereocenters. The number of halogens is 1. The van der Waals surface area contributed by atoms with Crippen LogP contribution >= 0.6 is 11.6 Å². The van der Waals surface area contributed by atoms with Crippen molar-refractivity contribution in [1.29, 1.82) is 0 Å². The largest absolute Gasteiger partial charge is 0.395 e. The van der Waals surface area contributed by atoms with Crippen LogP contribution in [0.15, 0.2) is 18.5 Å². The summed E-state index contributed by atoms with van der Waals surface area (Å²) in [4.78, 5) is 20.5. The number of carbonyl (C=O) groups is 1. The van der Waals surface area contributed by atoms with Crippen molar-refractivity contribution in [3.05, 3.63) is 29.0 Å². The van der Waals surface area contributed by atoms with Gasteiger partial charge in [-0.3, -0.25) is 14.7 Å². The second-order valence-electron chi connectivity index (χ2n) is 5.23. The molecule has 1 aromatic heterocycles. The lowest BCUT2D eigenvalue weighted by Gasteiger charge is -2.44. The Hall–Kier alpha value is -1.17. The Bertz CT molecular complexity index is 471. The van der Waals surface area contributed by atoms with Crippen LogP contribution in [0.1, 0.15) is 24.2 Å². The molecular formula is C14H20ClN3O2. The highest BCUT2D eigenvalue weighted by Gasteiger charge is 2.32. The summed E-state index contributed by atoms with van der Waals surface area (Å²) in [6.07, 6.45) is 3.07. The van der Waals surface area contributed by atoms with Crippen LogP contribution in [0.25, 0.3) is 0 Å². The van der Waals surface area contributed by atoms with E-state index in [1.54, 1.807) is 12.3 Å². The molecule has 2 atom stereocenters. The smallest absolute Gasteiger partial charge is 0.255 e. The Balaban J connectivity index is 2.12. The lowest BCUT2D eigenvalue weighted by molar-refractivity contribution is 0.0236. The molecular weight excluding hydrogens is 278 g/mol. The van der Waals surface area contributed by atoms with Crippen molar-refractivity contribution in [2.75, 3.05) is 26.2 Å². The molecule has 0 bridgehead atoms. The molecule has 2 rings (SSSR count). The number of aliphatic hydroxyl groups is 1. The molecule has 1 aliphatic rings. The number of aliphatic hydroxyl groups excluding tert-OH is 1. The van der Waals surface area contributed by atoms with Gasteiger partial charge in [0.2, 0.25) is 0 Å². The summed E-state index contributed by atoms with van der Waals surface area (Å²) >= 11 is 6.04. The lowest BCUT2D eigenvalue weighted by Crippen LogP contribution is -2.58. The number of rotatable bonds is 3. The highest BCUT2D eigenvalue weighted by Crippen LogP contribution is 2.20. The van der Waals surface area contributed by atoms with Gasteiger partial charge in [-0.1, -0.05) is 11.6 Å². The number of hydrogen-bond donors (Lipinski definition) is 1. The van der Waals surface area contributed by atoms with E-state index in [-0.39, 0.29) is 24.6 Å². The van der Waals surface area contributed by atoms with Crippen LogP contribution in [0, 0.1) is 0 Å². The highest BCUT2D eigenvalue weighted by molar-refractivity contribution is 6.33. The van der Waals surface area contributed by atoms with Gasteiger partial charge in [0.1, 0.15) is 0 Å². The predicted octanol–water partition coefficient (Wildman–Crippen LogP) is 1.26. The highest BCUT2D eigenvalue weighted by atomic mass is 35.5. The van der Waals surface area contributed by atoms with Crippen LogP contribution in [0.2, 0.25) is 5.02 Å². The van der Waals surface area contributed by atoms with Crippen LogP contribution < -0.4 is 0 Å². The minimum atomic E-state index is -0.0558. The Kier molecular flexibility index (Phi) is 4.96. The van der Waals surface area contributed by atoms with Gasteiger partial charge >= 0.3 is 0 Å². The zero-order chi connectivity index (χ0) is 14.7. The SMILES string of the molecule is C[C@@H]1CN(C(=O)c2ccncc2Cl)C[C@H](C)N1CCO. The number of amides is 1. The summed E-state index contributed by atoms with van der Waals surface area (Å²) in [5, 5.41) is 9.48. The van der Waals surface area contributed by atoms with E-state index in [0.717, 1.165) is 0 Å². The van der Waals surface area contributed by atoms with Crippen LogP contribution in [-0.4, -0.2) is 64.1 Å². The maximum Gasteiger partial charge on any atom is 0.255 e. The van der Waals surface area contributed by atoms with E-state index in [2.05, 4.69) is 23.7 Å². The van der Waals surface area contributed by atoms with Gasteiger partial charge < -0.3 is 10.0 Å². The lowest BCUT2D eigenvalue weighted by atomic mass is 10.1. The van der Waals surface area contributed by atoms with Gasteiger partial charge in [-0.25, -0.2) is 0 Å². The molecule has 6 heteroatoms. The van der Waals surface area contributed by atoms with Crippen LogP contribution in [0.5, 0.6) is 0 Å².